The van der Waals surface area contributed by atoms with Crippen molar-refractivity contribution in [2.24, 2.45) is 0 Å². The summed E-state index contributed by atoms with van der Waals surface area (Å²) >= 11 is 0. The van der Waals surface area contributed by atoms with E-state index in [0.29, 0.717) is 0 Å². The summed E-state index contributed by atoms with van der Waals surface area (Å²) in [6.45, 7) is 0. The number of esters is 1. The molecule has 0 saturated carbocycles. The van der Waals surface area contributed by atoms with Gasteiger partial charge in [-0.2, -0.15) is 18.4 Å². The monoisotopic (exact) mass is 464 g/mol. The third-order valence-electron chi connectivity index (χ3n) is 3.67. The number of carbonyl (C=O) groups excluding carboxylic acids is 2. The van der Waals surface area contributed by atoms with Crippen LogP contribution in [0.4, 0.5) is 10.7 Å². The first kappa shape index (κ1) is 22.3. The molecule has 0 radical (unpaired) electrons. The van der Waals surface area contributed by atoms with Crippen molar-refractivity contribution in [2.75, 3.05) is 26.6 Å². The van der Waals surface area contributed by atoms with Crippen molar-refractivity contribution in [1.82, 2.24) is 34.2 Å². The Hall–Kier alpha value is -4.34. The van der Waals surface area contributed by atoms with Crippen molar-refractivity contribution in [1.29, 1.82) is 0 Å². The second-order valence-electron chi connectivity index (χ2n) is 5.64. The molecular formula is C16H16N8O7S. The Morgan fingerprint density at radius 2 is 1.62 bits per heavy atom. The van der Waals surface area contributed by atoms with Gasteiger partial charge >= 0.3 is 12.0 Å². The van der Waals surface area contributed by atoms with E-state index < -0.39 is 32.7 Å². The van der Waals surface area contributed by atoms with Gasteiger partial charge in [0.1, 0.15) is 6.33 Å². The van der Waals surface area contributed by atoms with Crippen molar-refractivity contribution in [3.63, 3.8) is 0 Å². The smallest absolute Gasteiger partial charge is 0.359 e. The Morgan fingerprint density at radius 3 is 2.19 bits per heavy atom. The molecule has 0 unspecified atom stereocenters. The summed E-state index contributed by atoms with van der Waals surface area (Å²) in [6.07, 6.45) is 3.71. The molecule has 0 aliphatic heterocycles. The number of anilines is 1. The first-order valence-corrected chi connectivity index (χ1v) is 10.0. The number of hydrogen-bond donors (Lipinski definition) is 2. The summed E-state index contributed by atoms with van der Waals surface area (Å²) < 4.78 is 43.1. The van der Waals surface area contributed by atoms with Crippen LogP contribution in [0.5, 0.6) is 11.8 Å². The van der Waals surface area contributed by atoms with E-state index in [-0.39, 0.29) is 23.7 Å². The number of ether oxygens (including phenoxy) is 3. The van der Waals surface area contributed by atoms with E-state index in [2.05, 4.69) is 35.0 Å². The molecule has 0 spiro atoms. The molecule has 0 saturated heterocycles. The summed E-state index contributed by atoms with van der Waals surface area (Å²) in [5, 5.41) is 1.43. The van der Waals surface area contributed by atoms with Crippen LogP contribution in [0.2, 0.25) is 0 Å². The van der Waals surface area contributed by atoms with E-state index >= 15 is 0 Å². The molecule has 0 aliphatic carbocycles. The van der Waals surface area contributed by atoms with E-state index in [4.69, 9.17) is 9.47 Å². The number of rotatable bonds is 7. The molecular weight excluding hydrogens is 448 g/mol. The Labute approximate surface area is 180 Å². The van der Waals surface area contributed by atoms with Gasteiger partial charge in [0.2, 0.25) is 23.7 Å². The second-order valence-corrected chi connectivity index (χ2v) is 7.24. The van der Waals surface area contributed by atoms with Crippen LogP contribution in [0.15, 0.2) is 35.9 Å². The van der Waals surface area contributed by atoms with Crippen LogP contribution < -0.4 is 19.5 Å². The Morgan fingerprint density at radius 1 is 1.00 bits per heavy atom. The summed E-state index contributed by atoms with van der Waals surface area (Å²) in [5.41, 5.74) is -0.584. The van der Waals surface area contributed by atoms with E-state index in [1.54, 1.807) is 4.72 Å². The molecule has 0 aromatic carbocycles. The molecule has 3 rings (SSSR count). The molecule has 3 heterocycles. The first-order valence-electron chi connectivity index (χ1n) is 8.53. The number of amides is 2. The first-order chi connectivity index (χ1) is 15.3. The number of carbonyl (C=O) groups is 2. The third-order valence-corrected chi connectivity index (χ3v) is 5.03. The number of methoxy groups -OCH3 is 3. The highest BCUT2D eigenvalue weighted by atomic mass is 32.2. The standard InChI is InChI=1S/C16H16N8O7S/c1-29-9-7-10(30-2)21-14(20-9)22-16(26)23-32(27,28)12-11(13(25)31-3)19-8-24(12)15-17-5-4-6-18-15/h4-8H,1-3H3,(H2,20,21,22,23,26). The molecule has 2 N–H and O–H groups in total. The van der Waals surface area contributed by atoms with Crippen LogP contribution in [0, 0.1) is 0 Å². The van der Waals surface area contributed by atoms with Gasteiger partial charge in [-0.15, -0.1) is 0 Å². The van der Waals surface area contributed by atoms with E-state index in [0.717, 1.165) is 18.0 Å². The van der Waals surface area contributed by atoms with Gasteiger partial charge in [-0.25, -0.2) is 29.3 Å². The van der Waals surface area contributed by atoms with E-state index in [1.807, 2.05) is 0 Å². The average molecular weight is 464 g/mol. The van der Waals surface area contributed by atoms with Gasteiger partial charge in [-0.3, -0.25) is 9.88 Å². The van der Waals surface area contributed by atoms with Crippen LogP contribution in [0.25, 0.3) is 5.95 Å². The largest absolute Gasteiger partial charge is 0.481 e. The molecule has 0 fully saturated rings. The molecule has 0 atom stereocenters. The number of nitrogens with one attached hydrogen (secondary N) is 2. The number of urea groups is 1. The number of imidazole rings is 1. The zero-order valence-electron chi connectivity index (χ0n) is 16.8. The lowest BCUT2D eigenvalue weighted by Gasteiger charge is -2.11. The summed E-state index contributed by atoms with van der Waals surface area (Å²) in [7, 11) is -0.985. The summed E-state index contributed by atoms with van der Waals surface area (Å²) in [5.74, 6) is -1.36. The van der Waals surface area contributed by atoms with Crippen LogP contribution in [0.1, 0.15) is 10.5 Å². The minimum atomic E-state index is -4.69. The Balaban J connectivity index is 1.95. The third kappa shape index (κ3) is 4.69. The Kier molecular flexibility index (Phi) is 6.43. The normalized spacial score (nSPS) is 10.8. The zero-order chi connectivity index (χ0) is 23.3. The molecule has 168 valence electrons. The fourth-order valence-corrected chi connectivity index (χ4v) is 3.53. The van der Waals surface area contributed by atoms with Crippen LogP contribution >= 0.6 is 0 Å². The predicted molar refractivity (Wildman–Crippen MR) is 105 cm³/mol. The van der Waals surface area contributed by atoms with Gasteiger partial charge in [0, 0.05) is 12.4 Å². The number of sulfonamides is 1. The second kappa shape index (κ2) is 9.21. The lowest BCUT2D eigenvalue weighted by molar-refractivity contribution is 0.0589. The quantitative estimate of drug-likeness (QED) is 0.437. The van der Waals surface area contributed by atoms with Gasteiger partial charge in [-0.05, 0) is 6.07 Å². The number of hydrogen-bond acceptors (Lipinski definition) is 12. The van der Waals surface area contributed by atoms with Gasteiger partial charge in [-0.1, -0.05) is 0 Å². The molecule has 15 nitrogen and oxygen atoms in total. The molecule has 16 heteroatoms. The van der Waals surface area contributed by atoms with Crippen LogP contribution in [-0.4, -0.2) is 71.2 Å². The molecule has 2 amide bonds. The number of aromatic nitrogens is 6. The lowest BCUT2D eigenvalue weighted by atomic mass is 10.5. The van der Waals surface area contributed by atoms with Gasteiger partial charge < -0.3 is 14.2 Å². The molecule has 32 heavy (non-hydrogen) atoms. The van der Waals surface area contributed by atoms with Crippen LogP contribution in [0.3, 0.4) is 0 Å². The molecule has 0 aliphatic rings. The fourth-order valence-electron chi connectivity index (χ4n) is 2.36. The van der Waals surface area contributed by atoms with Crippen molar-refractivity contribution in [3.05, 3.63) is 36.5 Å². The van der Waals surface area contributed by atoms with E-state index in [9.17, 15) is 18.0 Å². The van der Waals surface area contributed by atoms with Crippen molar-refractivity contribution in [2.45, 2.75) is 5.03 Å². The zero-order valence-corrected chi connectivity index (χ0v) is 17.7. The average Bonchev–Trinajstić information content (AvgIpc) is 3.24. The maximum Gasteiger partial charge on any atom is 0.359 e. The lowest BCUT2D eigenvalue weighted by Crippen LogP contribution is -2.36. The van der Waals surface area contributed by atoms with Crippen LogP contribution in [-0.2, 0) is 14.8 Å². The minimum absolute atomic E-state index is 0.0577. The summed E-state index contributed by atoms with van der Waals surface area (Å²) in [4.78, 5) is 43.8. The van der Waals surface area contributed by atoms with Crippen molar-refractivity contribution >= 4 is 28.0 Å². The topological polar surface area (TPSA) is 189 Å². The fraction of sp³-hybridized carbons (Fsp3) is 0.188. The summed E-state index contributed by atoms with van der Waals surface area (Å²) in [6, 6.07) is 1.61. The van der Waals surface area contributed by atoms with Gasteiger partial charge in [0.05, 0.1) is 27.4 Å². The molecule has 3 aromatic rings. The highest BCUT2D eigenvalue weighted by Crippen LogP contribution is 2.20. The molecule has 0 bridgehead atoms. The predicted octanol–water partition coefficient (Wildman–Crippen LogP) is -0.233. The SMILES string of the molecule is COC(=O)c1ncn(-c2ncccn2)c1S(=O)(=O)NC(=O)Nc1nc(OC)cc(OC)n1. The highest BCUT2D eigenvalue weighted by molar-refractivity contribution is 7.90. The molecule has 3 aromatic heterocycles. The highest BCUT2D eigenvalue weighted by Gasteiger charge is 2.32. The van der Waals surface area contributed by atoms with Crippen molar-refractivity contribution < 1.29 is 32.2 Å². The maximum atomic E-state index is 13.0. The van der Waals surface area contributed by atoms with Gasteiger partial charge in [0.25, 0.3) is 10.0 Å². The number of nitrogens with zero attached hydrogens (tertiary/aromatic N) is 6. The van der Waals surface area contributed by atoms with Gasteiger partial charge in [0.15, 0.2) is 10.7 Å². The maximum absolute atomic E-state index is 13.0. The van der Waals surface area contributed by atoms with Crippen molar-refractivity contribution in [3.8, 4) is 17.7 Å². The minimum Gasteiger partial charge on any atom is -0.481 e. The Bertz CT molecular complexity index is 1220. The van der Waals surface area contributed by atoms with E-state index in [1.165, 1.54) is 38.7 Å².